The summed E-state index contributed by atoms with van der Waals surface area (Å²) >= 11 is 0. The van der Waals surface area contributed by atoms with E-state index >= 15 is 0 Å². The standard InChI is InChI=1S/C12H13FN2O2/c1-2-9-7-11(17-15-9)12(16)14-10-5-3-8(13)4-6-10/h3-6,11H,2,7H2,1H3,(H,14,16)/t11-/m0/s1. The molecule has 0 unspecified atom stereocenters. The van der Waals surface area contributed by atoms with Gasteiger partial charge in [-0.1, -0.05) is 12.1 Å². The Balaban J connectivity index is 1.92. The summed E-state index contributed by atoms with van der Waals surface area (Å²) < 4.78 is 12.7. The molecule has 0 aliphatic carbocycles. The quantitative estimate of drug-likeness (QED) is 0.875. The van der Waals surface area contributed by atoms with Crippen LogP contribution in [-0.4, -0.2) is 17.7 Å². The highest BCUT2D eigenvalue weighted by molar-refractivity contribution is 5.99. The number of anilines is 1. The molecule has 1 aromatic rings. The van der Waals surface area contributed by atoms with Crippen LogP contribution in [0.15, 0.2) is 29.4 Å². The number of hydrogen-bond acceptors (Lipinski definition) is 3. The topological polar surface area (TPSA) is 50.7 Å². The first kappa shape index (κ1) is 11.6. The van der Waals surface area contributed by atoms with Gasteiger partial charge in [0.2, 0.25) is 6.10 Å². The molecule has 1 aromatic carbocycles. The molecule has 0 fully saturated rings. The highest BCUT2D eigenvalue weighted by Crippen LogP contribution is 2.15. The first-order valence-corrected chi connectivity index (χ1v) is 5.47. The van der Waals surface area contributed by atoms with Crippen molar-refractivity contribution in [3.63, 3.8) is 0 Å². The summed E-state index contributed by atoms with van der Waals surface area (Å²) in [6.07, 6.45) is 0.721. The van der Waals surface area contributed by atoms with E-state index in [0.717, 1.165) is 12.1 Å². The molecule has 0 aromatic heterocycles. The Morgan fingerprint density at radius 1 is 1.53 bits per heavy atom. The van der Waals surface area contributed by atoms with Crippen molar-refractivity contribution in [2.45, 2.75) is 25.9 Å². The van der Waals surface area contributed by atoms with E-state index in [2.05, 4.69) is 10.5 Å². The van der Waals surface area contributed by atoms with Crippen LogP contribution in [0.4, 0.5) is 10.1 Å². The summed E-state index contributed by atoms with van der Waals surface area (Å²) in [5, 5.41) is 6.46. The van der Waals surface area contributed by atoms with Crippen LogP contribution >= 0.6 is 0 Å². The van der Waals surface area contributed by atoms with Crippen molar-refractivity contribution in [1.82, 2.24) is 0 Å². The summed E-state index contributed by atoms with van der Waals surface area (Å²) in [6, 6.07) is 5.59. The lowest BCUT2D eigenvalue weighted by Crippen LogP contribution is -2.27. The van der Waals surface area contributed by atoms with Gasteiger partial charge in [-0.3, -0.25) is 4.79 Å². The lowest BCUT2D eigenvalue weighted by Gasteiger charge is -2.09. The first-order valence-electron chi connectivity index (χ1n) is 5.47. The fourth-order valence-corrected chi connectivity index (χ4v) is 1.53. The zero-order valence-electron chi connectivity index (χ0n) is 9.44. The van der Waals surface area contributed by atoms with E-state index < -0.39 is 6.10 Å². The molecule has 0 bridgehead atoms. The molecular weight excluding hydrogens is 223 g/mol. The number of carbonyl (C=O) groups is 1. The summed E-state index contributed by atoms with van der Waals surface area (Å²) in [4.78, 5) is 16.8. The second-order valence-corrected chi connectivity index (χ2v) is 3.81. The number of rotatable bonds is 3. The second kappa shape index (κ2) is 4.95. The van der Waals surface area contributed by atoms with Crippen LogP contribution in [0, 0.1) is 5.82 Å². The number of halogens is 1. The van der Waals surface area contributed by atoms with E-state index in [9.17, 15) is 9.18 Å². The Labute approximate surface area is 98.5 Å². The largest absolute Gasteiger partial charge is 0.382 e. The van der Waals surface area contributed by atoms with Crippen LogP contribution in [0.3, 0.4) is 0 Å². The molecule has 1 N–H and O–H groups in total. The maximum Gasteiger partial charge on any atom is 0.268 e. The van der Waals surface area contributed by atoms with Crippen LogP contribution in [0.5, 0.6) is 0 Å². The molecule has 4 nitrogen and oxygen atoms in total. The fraction of sp³-hybridized carbons (Fsp3) is 0.333. The van der Waals surface area contributed by atoms with E-state index in [1.807, 2.05) is 6.92 Å². The van der Waals surface area contributed by atoms with E-state index in [0.29, 0.717) is 12.1 Å². The highest BCUT2D eigenvalue weighted by Gasteiger charge is 2.27. The molecular formula is C12H13FN2O2. The number of hydrogen-bond donors (Lipinski definition) is 1. The van der Waals surface area contributed by atoms with Gasteiger partial charge in [0, 0.05) is 12.1 Å². The maximum absolute atomic E-state index is 12.7. The number of nitrogens with one attached hydrogen (secondary N) is 1. The molecule has 2 rings (SSSR count). The van der Waals surface area contributed by atoms with Gasteiger partial charge in [-0.15, -0.1) is 0 Å². The molecule has 1 aliphatic heterocycles. The smallest absolute Gasteiger partial charge is 0.268 e. The number of benzene rings is 1. The Bertz CT molecular complexity index is 442. The van der Waals surface area contributed by atoms with Gasteiger partial charge in [0.05, 0.1) is 5.71 Å². The average Bonchev–Trinajstić information content (AvgIpc) is 2.81. The Hall–Kier alpha value is -1.91. The van der Waals surface area contributed by atoms with Crippen molar-refractivity contribution in [2.75, 3.05) is 5.32 Å². The Kier molecular flexibility index (Phi) is 3.37. The molecule has 90 valence electrons. The lowest BCUT2D eigenvalue weighted by molar-refractivity contribution is -0.125. The lowest BCUT2D eigenvalue weighted by atomic mass is 10.1. The van der Waals surface area contributed by atoms with Crippen molar-refractivity contribution < 1.29 is 14.0 Å². The fourth-order valence-electron chi connectivity index (χ4n) is 1.53. The molecule has 0 saturated carbocycles. The van der Waals surface area contributed by atoms with Crippen molar-refractivity contribution >= 4 is 17.3 Å². The highest BCUT2D eigenvalue weighted by atomic mass is 19.1. The normalized spacial score (nSPS) is 18.5. The molecule has 1 heterocycles. The van der Waals surface area contributed by atoms with Crippen molar-refractivity contribution in [3.8, 4) is 0 Å². The summed E-state index contributed by atoms with van der Waals surface area (Å²) in [5.74, 6) is -0.597. The Morgan fingerprint density at radius 2 is 2.24 bits per heavy atom. The Morgan fingerprint density at radius 3 is 2.82 bits per heavy atom. The molecule has 17 heavy (non-hydrogen) atoms. The minimum absolute atomic E-state index is 0.260. The molecule has 5 heteroatoms. The van der Waals surface area contributed by atoms with Gasteiger partial charge in [0.1, 0.15) is 5.82 Å². The van der Waals surface area contributed by atoms with Gasteiger partial charge in [-0.05, 0) is 30.7 Å². The van der Waals surface area contributed by atoms with E-state index in [1.165, 1.54) is 24.3 Å². The first-order chi connectivity index (χ1) is 8.19. The third kappa shape index (κ3) is 2.81. The SMILES string of the molecule is CCC1=NO[C@H](C(=O)Nc2ccc(F)cc2)C1. The van der Waals surface area contributed by atoms with Gasteiger partial charge < -0.3 is 10.2 Å². The molecule has 1 atom stereocenters. The van der Waals surface area contributed by atoms with Crippen LogP contribution in [0.25, 0.3) is 0 Å². The minimum Gasteiger partial charge on any atom is -0.382 e. The van der Waals surface area contributed by atoms with Crippen LogP contribution < -0.4 is 5.32 Å². The van der Waals surface area contributed by atoms with Gasteiger partial charge in [0.15, 0.2) is 0 Å². The number of oxime groups is 1. The maximum atomic E-state index is 12.7. The monoisotopic (exact) mass is 236 g/mol. The summed E-state index contributed by atoms with van der Waals surface area (Å²) in [6.45, 7) is 1.96. The van der Waals surface area contributed by atoms with Gasteiger partial charge >= 0.3 is 0 Å². The van der Waals surface area contributed by atoms with Crippen molar-refractivity contribution in [3.05, 3.63) is 30.1 Å². The van der Waals surface area contributed by atoms with Crippen LogP contribution in [-0.2, 0) is 9.63 Å². The average molecular weight is 236 g/mol. The molecule has 1 amide bonds. The van der Waals surface area contributed by atoms with E-state index in [4.69, 9.17) is 4.84 Å². The van der Waals surface area contributed by atoms with Gasteiger partial charge in [-0.2, -0.15) is 0 Å². The van der Waals surface area contributed by atoms with Crippen molar-refractivity contribution in [2.24, 2.45) is 5.16 Å². The minimum atomic E-state index is -0.574. The summed E-state index contributed by atoms with van der Waals surface area (Å²) in [5.41, 5.74) is 1.43. The second-order valence-electron chi connectivity index (χ2n) is 3.81. The van der Waals surface area contributed by atoms with Crippen LogP contribution in [0.1, 0.15) is 19.8 Å². The van der Waals surface area contributed by atoms with E-state index in [-0.39, 0.29) is 11.7 Å². The zero-order chi connectivity index (χ0) is 12.3. The molecule has 0 spiro atoms. The van der Waals surface area contributed by atoms with Crippen LogP contribution in [0.2, 0.25) is 0 Å². The molecule has 0 saturated heterocycles. The number of amides is 1. The van der Waals surface area contributed by atoms with Gasteiger partial charge in [-0.25, -0.2) is 4.39 Å². The zero-order valence-corrected chi connectivity index (χ0v) is 9.44. The predicted molar refractivity (Wildman–Crippen MR) is 62.2 cm³/mol. The number of nitrogens with zero attached hydrogens (tertiary/aromatic N) is 1. The van der Waals surface area contributed by atoms with Crippen molar-refractivity contribution in [1.29, 1.82) is 0 Å². The van der Waals surface area contributed by atoms with E-state index in [1.54, 1.807) is 0 Å². The molecule has 1 aliphatic rings. The third-order valence-electron chi connectivity index (χ3n) is 2.54. The van der Waals surface area contributed by atoms with Gasteiger partial charge in [0.25, 0.3) is 5.91 Å². The number of carbonyl (C=O) groups excluding carboxylic acids is 1. The predicted octanol–water partition coefficient (Wildman–Crippen LogP) is 2.32. The third-order valence-corrected chi connectivity index (χ3v) is 2.54. The molecule has 0 radical (unpaired) electrons. The summed E-state index contributed by atoms with van der Waals surface area (Å²) in [7, 11) is 0.